The van der Waals surface area contributed by atoms with Gasteiger partial charge in [-0.15, -0.1) is 21.5 Å². The summed E-state index contributed by atoms with van der Waals surface area (Å²) in [6.45, 7) is 0.539. The van der Waals surface area contributed by atoms with Gasteiger partial charge < -0.3 is 8.83 Å². The summed E-state index contributed by atoms with van der Waals surface area (Å²) in [4.78, 5) is 4.69. The molecule has 0 N–H and O–H groups in total. The first-order valence-corrected chi connectivity index (χ1v) is 11.3. The number of hydrogen-bond acceptors (Lipinski definition) is 7. The van der Waals surface area contributed by atoms with Crippen molar-refractivity contribution in [3.63, 3.8) is 0 Å². The molecule has 0 aliphatic heterocycles. The number of halogens is 1. The van der Waals surface area contributed by atoms with Crippen molar-refractivity contribution >= 4 is 34.7 Å². The maximum atomic E-state index is 6.04. The summed E-state index contributed by atoms with van der Waals surface area (Å²) in [5.41, 5.74) is 2.92. The first-order valence-electron chi connectivity index (χ1n) is 9.07. The van der Waals surface area contributed by atoms with Gasteiger partial charge in [-0.25, -0.2) is 4.98 Å². The molecule has 0 saturated carbocycles. The van der Waals surface area contributed by atoms with Crippen molar-refractivity contribution < 1.29 is 8.83 Å². The highest BCUT2D eigenvalue weighted by atomic mass is 35.5. The number of rotatable bonds is 7. The fourth-order valence-electron chi connectivity index (χ4n) is 2.94. The predicted octanol–water partition coefficient (Wildman–Crippen LogP) is 6.25. The van der Waals surface area contributed by atoms with Crippen LogP contribution < -0.4 is 0 Å². The molecule has 0 atom stereocenters. The van der Waals surface area contributed by atoms with E-state index in [4.69, 9.17) is 25.4 Å². The Morgan fingerprint density at radius 1 is 1.03 bits per heavy atom. The third-order valence-corrected chi connectivity index (χ3v) is 6.57. The molecule has 0 aliphatic rings. The zero-order valence-electron chi connectivity index (χ0n) is 15.6. The smallest absolute Gasteiger partial charge is 0.192 e. The third kappa shape index (κ3) is 4.07. The lowest BCUT2D eigenvalue weighted by Gasteiger charge is -2.08. The van der Waals surface area contributed by atoms with E-state index in [0.29, 0.717) is 17.3 Å². The molecule has 0 bridgehead atoms. The van der Waals surface area contributed by atoms with E-state index >= 15 is 0 Å². The number of hydrogen-bond donors (Lipinski definition) is 0. The zero-order valence-corrected chi connectivity index (χ0v) is 18.0. The highest BCUT2D eigenvalue weighted by molar-refractivity contribution is 7.98. The Bertz CT molecular complexity index is 1230. The van der Waals surface area contributed by atoms with Crippen LogP contribution in [0.2, 0.25) is 5.02 Å². The summed E-state index contributed by atoms with van der Waals surface area (Å²) in [6, 6.07) is 13.3. The van der Waals surface area contributed by atoms with Crippen molar-refractivity contribution in [1.82, 2.24) is 19.7 Å². The molecule has 0 unspecified atom stereocenters. The number of furan rings is 2. The van der Waals surface area contributed by atoms with Crippen molar-refractivity contribution in [3.05, 3.63) is 83.1 Å². The van der Waals surface area contributed by atoms with Gasteiger partial charge in [-0.3, -0.25) is 4.57 Å². The highest BCUT2D eigenvalue weighted by Gasteiger charge is 2.17. The van der Waals surface area contributed by atoms with E-state index in [0.717, 1.165) is 38.6 Å². The Morgan fingerprint density at radius 2 is 1.93 bits per heavy atom. The van der Waals surface area contributed by atoms with Crippen LogP contribution in [0.25, 0.3) is 22.0 Å². The van der Waals surface area contributed by atoms with Crippen LogP contribution >= 0.6 is 34.7 Å². The van der Waals surface area contributed by atoms with Crippen LogP contribution in [0.5, 0.6) is 0 Å². The number of thiazole rings is 1. The minimum absolute atomic E-state index is 0.539. The molecule has 6 nitrogen and oxygen atoms in total. The summed E-state index contributed by atoms with van der Waals surface area (Å²) < 4.78 is 12.8. The van der Waals surface area contributed by atoms with Crippen molar-refractivity contribution in [2.75, 3.05) is 0 Å². The maximum absolute atomic E-state index is 6.04. The van der Waals surface area contributed by atoms with Gasteiger partial charge in [0.1, 0.15) is 17.0 Å². The van der Waals surface area contributed by atoms with Gasteiger partial charge in [0.25, 0.3) is 0 Å². The number of thioether (sulfide) groups is 1. The molecule has 0 amide bonds. The Hall–Kier alpha value is -2.81. The molecule has 5 aromatic rings. The molecule has 4 aromatic heterocycles. The van der Waals surface area contributed by atoms with Gasteiger partial charge in [0.15, 0.2) is 11.0 Å². The minimum atomic E-state index is 0.539. The molecule has 0 aliphatic carbocycles. The molecular weight excluding hydrogens is 440 g/mol. The standard InChI is InChI=1S/C21H15ClN4O2S2/c22-16-5-3-14(4-6-16)19-24-25-21(26(19)10-18-2-1-8-28-18)30-13-17-12-29-20(23-17)15-7-9-27-11-15/h1-9,11-12H,10,13H2. The lowest BCUT2D eigenvalue weighted by Crippen LogP contribution is -2.03. The van der Waals surface area contributed by atoms with Crippen molar-refractivity contribution in [1.29, 1.82) is 0 Å². The lowest BCUT2D eigenvalue weighted by molar-refractivity contribution is 0.485. The maximum Gasteiger partial charge on any atom is 0.192 e. The minimum Gasteiger partial charge on any atom is -0.472 e. The lowest BCUT2D eigenvalue weighted by atomic mass is 10.2. The molecule has 0 saturated heterocycles. The number of aromatic nitrogens is 4. The van der Waals surface area contributed by atoms with Crippen LogP contribution in [0.3, 0.4) is 0 Å². The molecule has 0 fully saturated rings. The molecule has 5 rings (SSSR count). The van der Waals surface area contributed by atoms with Gasteiger partial charge >= 0.3 is 0 Å². The van der Waals surface area contributed by atoms with E-state index in [-0.39, 0.29) is 0 Å². The van der Waals surface area contributed by atoms with Gasteiger partial charge in [0.05, 0.1) is 24.8 Å². The quantitative estimate of drug-likeness (QED) is 0.271. The second-order valence-electron chi connectivity index (χ2n) is 6.42. The van der Waals surface area contributed by atoms with E-state index in [9.17, 15) is 0 Å². The van der Waals surface area contributed by atoms with E-state index in [1.165, 1.54) is 0 Å². The third-order valence-electron chi connectivity index (χ3n) is 4.38. The fraction of sp³-hybridized carbons (Fsp3) is 0.0952. The van der Waals surface area contributed by atoms with Crippen LogP contribution in [0, 0.1) is 0 Å². The SMILES string of the molecule is Clc1ccc(-c2nnc(SCc3csc(-c4ccoc4)n3)n2Cc2ccco2)cc1. The summed E-state index contributed by atoms with van der Waals surface area (Å²) in [5.74, 6) is 2.29. The van der Waals surface area contributed by atoms with Crippen LogP contribution in [0.4, 0.5) is 0 Å². The summed E-state index contributed by atoms with van der Waals surface area (Å²) in [7, 11) is 0. The zero-order chi connectivity index (χ0) is 20.3. The van der Waals surface area contributed by atoms with Crippen LogP contribution in [0.15, 0.2) is 80.6 Å². The average molecular weight is 455 g/mol. The molecular formula is C21H15ClN4O2S2. The Kier molecular flexibility index (Phi) is 5.44. The second-order valence-corrected chi connectivity index (χ2v) is 8.66. The normalized spacial score (nSPS) is 11.2. The van der Waals surface area contributed by atoms with Crippen LogP contribution in [-0.4, -0.2) is 19.7 Å². The Morgan fingerprint density at radius 3 is 2.70 bits per heavy atom. The predicted molar refractivity (Wildman–Crippen MR) is 118 cm³/mol. The molecule has 0 radical (unpaired) electrons. The van der Waals surface area contributed by atoms with Crippen molar-refractivity contribution in [3.8, 4) is 22.0 Å². The molecule has 150 valence electrons. The monoisotopic (exact) mass is 454 g/mol. The second kappa shape index (κ2) is 8.51. The Balaban J connectivity index is 1.40. The largest absolute Gasteiger partial charge is 0.472 e. The van der Waals surface area contributed by atoms with Gasteiger partial charge in [-0.05, 0) is 42.5 Å². The average Bonchev–Trinajstić information content (AvgIpc) is 3.55. The van der Waals surface area contributed by atoms with Crippen molar-refractivity contribution in [2.24, 2.45) is 0 Å². The highest BCUT2D eigenvalue weighted by Crippen LogP contribution is 2.30. The fourth-order valence-corrected chi connectivity index (χ4v) is 4.81. The van der Waals surface area contributed by atoms with Gasteiger partial charge in [0, 0.05) is 27.3 Å². The summed E-state index contributed by atoms with van der Waals surface area (Å²) in [6.07, 6.45) is 5.02. The number of nitrogens with zero attached hydrogens (tertiary/aromatic N) is 4. The van der Waals surface area contributed by atoms with E-state index in [1.807, 2.05) is 42.5 Å². The molecule has 0 spiro atoms. The van der Waals surface area contributed by atoms with E-state index in [2.05, 4.69) is 20.1 Å². The molecule has 30 heavy (non-hydrogen) atoms. The topological polar surface area (TPSA) is 69.9 Å². The van der Waals surface area contributed by atoms with E-state index in [1.54, 1.807) is 41.9 Å². The molecule has 9 heteroatoms. The van der Waals surface area contributed by atoms with Crippen LogP contribution in [0.1, 0.15) is 11.5 Å². The van der Waals surface area contributed by atoms with Gasteiger partial charge in [-0.2, -0.15) is 0 Å². The summed E-state index contributed by atoms with van der Waals surface area (Å²) >= 11 is 9.23. The number of benzene rings is 1. The first kappa shape index (κ1) is 19.2. The van der Waals surface area contributed by atoms with Crippen molar-refractivity contribution in [2.45, 2.75) is 17.5 Å². The molecule has 4 heterocycles. The first-order chi connectivity index (χ1) is 14.8. The van der Waals surface area contributed by atoms with Gasteiger partial charge in [0.2, 0.25) is 0 Å². The Labute approximate surface area is 185 Å². The summed E-state index contributed by atoms with van der Waals surface area (Å²) in [5, 5.41) is 13.3. The van der Waals surface area contributed by atoms with E-state index < -0.39 is 0 Å². The van der Waals surface area contributed by atoms with Gasteiger partial charge in [-0.1, -0.05) is 23.4 Å². The van der Waals surface area contributed by atoms with Crippen LogP contribution in [-0.2, 0) is 12.3 Å². The molecule has 1 aromatic carbocycles.